The molecule has 0 fully saturated rings. The first kappa shape index (κ1) is 29.6. The van der Waals surface area contributed by atoms with E-state index in [0.717, 1.165) is 62.1 Å². The predicted molar refractivity (Wildman–Crippen MR) is 201 cm³/mol. The van der Waals surface area contributed by atoms with E-state index in [1.807, 2.05) is 12.1 Å². The Kier molecular flexibility index (Phi) is 8.27. The van der Waals surface area contributed by atoms with Crippen molar-refractivity contribution in [1.82, 2.24) is 0 Å². The third-order valence-corrected chi connectivity index (χ3v) is 8.47. The highest BCUT2D eigenvalue weighted by Crippen LogP contribution is 2.42. The Bertz CT molecular complexity index is 2020. The van der Waals surface area contributed by atoms with Crippen LogP contribution in [0.1, 0.15) is 11.1 Å². The quantitative estimate of drug-likeness (QED) is 0.174. The van der Waals surface area contributed by atoms with Crippen LogP contribution in [-0.2, 0) is 0 Å². The summed E-state index contributed by atoms with van der Waals surface area (Å²) < 4.78 is 0. The Labute approximate surface area is 277 Å². The van der Waals surface area contributed by atoms with Crippen molar-refractivity contribution in [3.05, 3.63) is 187 Å². The van der Waals surface area contributed by atoms with Gasteiger partial charge in [0.15, 0.2) is 0 Å². The first-order valence-electron chi connectivity index (χ1n) is 16.0. The van der Waals surface area contributed by atoms with E-state index in [0.29, 0.717) is 0 Å². The summed E-state index contributed by atoms with van der Waals surface area (Å²) in [6.07, 6.45) is 0. The van der Waals surface area contributed by atoms with Crippen LogP contribution in [-0.4, -0.2) is 0 Å². The number of benzene rings is 7. The van der Waals surface area contributed by atoms with E-state index in [2.05, 4.69) is 187 Å². The van der Waals surface area contributed by atoms with Crippen molar-refractivity contribution in [2.45, 2.75) is 13.8 Å². The van der Waals surface area contributed by atoms with Gasteiger partial charge in [0, 0.05) is 39.8 Å². The second kappa shape index (κ2) is 13.1. The monoisotopic (exact) mass is 607 g/mol. The van der Waals surface area contributed by atoms with Gasteiger partial charge < -0.3 is 15.5 Å². The number of anilines is 7. The lowest BCUT2D eigenvalue weighted by Gasteiger charge is -2.27. The number of nitrogen functional groups attached to an aromatic ring is 1. The summed E-state index contributed by atoms with van der Waals surface area (Å²) >= 11 is 0. The Balaban J connectivity index is 1.37. The molecular weight excluding hydrogens is 571 g/mol. The third-order valence-electron chi connectivity index (χ3n) is 8.47. The zero-order valence-corrected chi connectivity index (χ0v) is 26.7. The van der Waals surface area contributed by atoms with Crippen molar-refractivity contribution in [3.63, 3.8) is 0 Å². The maximum atomic E-state index is 6.09. The molecule has 7 aromatic carbocycles. The average molecular weight is 608 g/mol. The van der Waals surface area contributed by atoms with Crippen LogP contribution in [0.2, 0.25) is 0 Å². The molecule has 0 saturated heterocycles. The minimum Gasteiger partial charge on any atom is -0.399 e. The van der Waals surface area contributed by atoms with Crippen molar-refractivity contribution in [2.75, 3.05) is 15.5 Å². The van der Waals surface area contributed by atoms with Gasteiger partial charge in [-0.15, -0.1) is 0 Å². The normalized spacial score (nSPS) is 10.9. The topological polar surface area (TPSA) is 32.5 Å². The standard InChI is InChI=1S/C44H37N3/c1-32-11-9-17-40(29-32)47(41-18-10-12-33(2)30-41)39-25-21-35(22-26-39)44-31-42(27-28-43(44)34-19-23-36(45)24-20-34)46(37-13-5-3-6-14-37)38-15-7-4-8-16-38/h3-31H,45H2,1-2H3. The number of hydrogen-bond donors (Lipinski definition) is 1. The minimum atomic E-state index is 0.753. The van der Waals surface area contributed by atoms with Gasteiger partial charge in [0.1, 0.15) is 0 Å². The lowest BCUT2D eigenvalue weighted by atomic mass is 9.93. The van der Waals surface area contributed by atoms with Gasteiger partial charge in [-0.2, -0.15) is 0 Å². The fourth-order valence-electron chi connectivity index (χ4n) is 6.20. The van der Waals surface area contributed by atoms with E-state index >= 15 is 0 Å². The molecule has 47 heavy (non-hydrogen) atoms. The Morgan fingerprint density at radius 3 is 1.28 bits per heavy atom. The van der Waals surface area contributed by atoms with Crippen molar-refractivity contribution >= 4 is 39.8 Å². The van der Waals surface area contributed by atoms with Crippen molar-refractivity contribution in [1.29, 1.82) is 0 Å². The number of nitrogens with zero attached hydrogens (tertiary/aromatic N) is 2. The zero-order chi connectivity index (χ0) is 32.2. The molecule has 3 heteroatoms. The number of nitrogens with two attached hydrogens (primary N) is 1. The smallest absolute Gasteiger partial charge is 0.0468 e. The summed E-state index contributed by atoms with van der Waals surface area (Å²) in [4.78, 5) is 4.63. The molecule has 0 atom stereocenters. The van der Waals surface area contributed by atoms with E-state index in [1.165, 1.54) is 11.1 Å². The van der Waals surface area contributed by atoms with E-state index in [-0.39, 0.29) is 0 Å². The lowest BCUT2D eigenvalue weighted by molar-refractivity contribution is 1.26. The highest BCUT2D eigenvalue weighted by molar-refractivity contribution is 5.90. The van der Waals surface area contributed by atoms with Crippen LogP contribution in [0, 0.1) is 13.8 Å². The van der Waals surface area contributed by atoms with E-state index in [4.69, 9.17) is 5.73 Å². The van der Waals surface area contributed by atoms with E-state index < -0.39 is 0 Å². The summed E-state index contributed by atoms with van der Waals surface area (Å²) in [7, 11) is 0. The third kappa shape index (κ3) is 6.38. The molecule has 0 aliphatic rings. The first-order valence-corrected chi connectivity index (χ1v) is 16.0. The van der Waals surface area contributed by atoms with Gasteiger partial charge in [-0.25, -0.2) is 0 Å². The van der Waals surface area contributed by atoms with Gasteiger partial charge in [-0.3, -0.25) is 0 Å². The maximum absolute atomic E-state index is 6.09. The van der Waals surface area contributed by atoms with Gasteiger partial charge >= 0.3 is 0 Å². The number of para-hydroxylation sites is 2. The van der Waals surface area contributed by atoms with Gasteiger partial charge in [0.2, 0.25) is 0 Å². The summed E-state index contributed by atoms with van der Waals surface area (Å²) in [6, 6.07) is 62.2. The molecule has 0 heterocycles. The molecule has 2 N–H and O–H groups in total. The molecule has 0 saturated carbocycles. The molecule has 3 nitrogen and oxygen atoms in total. The highest BCUT2D eigenvalue weighted by atomic mass is 15.1. The molecule has 0 unspecified atom stereocenters. The maximum Gasteiger partial charge on any atom is 0.0468 e. The average Bonchev–Trinajstić information content (AvgIpc) is 3.10. The molecule has 228 valence electrons. The van der Waals surface area contributed by atoms with Crippen LogP contribution in [0.4, 0.5) is 39.8 Å². The second-order valence-electron chi connectivity index (χ2n) is 11.9. The zero-order valence-electron chi connectivity index (χ0n) is 26.7. The van der Waals surface area contributed by atoms with Crippen LogP contribution in [0.25, 0.3) is 22.3 Å². The number of rotatable bonds is 8. The Hall–Kier alpha value is -6.06. The molecule has 0 amide bonds. The summed E-state index contributed by atoms with van der Waals surface area (Å²) in [5.41, 5.74) is 20.5. The van der Waals surface area contributed by atoms with Crippen molar-refractivity contribution in [3.8, 4) is 22.3 Å². The van der Waals surface area contributed by atoms with Crippen LogP contribution >= 0.6 is 0 Å². The molecular formula is C44H37N3. The van der Waals surface area contributed by atoms with Gasteiger partial charge in [0.25, 0.3) is 0 Å². The number of aryl methyl sites for hydroxylation is 2. The van der Waals surface area contributed by atoms with Crippen molar-refractivity contribution in [2.24, 2.45) is 0 Å². The number of hydrogen-bond acceptors (Lipinski definition) is 3. The second-order valence-corrected chi connectivity index (χ2v) is 11.9. The Morgan fingerprint density at radius 1 is 0.340 bits per heavy atom. The fourth-order valence-corrected chi connectivity index (χ4v) is 6.20. The molecule has 0 bridgehead atoms. The molecule has 0 spiro atoms. The lowest BCUT2D eigenvalue weighted by Crippen LogP contribution is -2.10. The minimum absolute atomic E-state index is 0.753. The summed E-state index contributed by atoms with van der Waals surface area (Å²) in [6.45, 7) is 4.28. The SMILES string of the molecule is Cc1cccc(N(c2ccc(-c3cc(N(c4ccccc4)c4ccccc4)ccc3-c3ccc(N)cc3)cc2)c2cccc(C)c2)c1. The molecule has 0 radical (unpaired) electrons. The molecule has 7 rings (SSSR count). The largest absolute Gasteiger partial charge is 0.399 e. The molecule has 0 aromatic heterocycles. The molecule has 7 aromatic rings. The van der Waals surface area contributed by atoms with Gasteiger partial charge in [0.05, 0.1) is 0 Å². The van der Waals surface area contributed by atoms with Gasteiger partial charge in [-0.1, -0.05) is 91.0 Å². The highest BCUT2D eigenvalue weighted by Gasteiger charge is 2.18. The predicted octanol–water partition coefficient (Wildman–Crippen LogP) is 12.2. The van der Waals surface area contributed by atoms with Gasteiger partial charge in [-0.05, 0) is 132 Å². The van der Waals surface area contributed by atoms with Crippen LogP contribution in [0.3, 0.4) is 0 Å². The van der Waals surface area contributed by atoms with E-state index in [9.17, 15) is 0 Å². The van der Waals surface area contributed by atoms with Crippen LogP contribution in [0.5, 0.6) is 0 Å². The van der Waals surface area contributed by atoms with E-state index in [1.54, 1.807) is 0 Å². The fraction of sp³-hybridized carbons (Fsp3) is 0.0455. The first-order chi connectivity index (χ1) is 23.0. The Morgan fingerprint density at radius 2 is 0.745 bits per heavy atom. The van der Waals surface area contributed by atoms with Crippen LogP contribution < -0.4 is 15.5 Å². The summed E-state index contributed by atoms with van der Waals surface area (Å²) in [5, 5.41) is 0. The summed E-state index contributed by atoms with van der Waals surface area (Å²) in [5.74, 6) is 0. The molecule has 0 aliphatic heterocycles. The van der Waals surface area contributed by atoms with Crippen LogP contribution in [0.15, 0.2) is 176 Å². The molecule has 0 aliphatic carbocycles. The van der Waals surface area contributed by atoms with Crippen molar-refractivity contribution < 1.29 is 0 Å².